The van der Waals surface area contributed by atoms with E-state index in [1.807, 2.05) is 0 Å². The minimum atomic E-state index is -0.0845. The quantitative estimate of drug-likeness (QED) is 0.0443. The van der Waals surface area contributed by atoms with E-state index in [0.717, 1.165) is 77.0 Å². The molecule has 1 saturated carbocycles. The molecule has 0 N–H and O–H groups in total. The topological polar surface area (TPSA) is 78.9 Å². The van der Waals surface area contributed by atoms with Crippen LogP contribution in [0.4, 0.5) is 0 Å². The van der Waals surface area contributed by atoms with Gasteiger partial charge in [-0.2, -0.15) is 0 Å². The number of unbranched alkanes of at least 4 members (excludes halogenated alkanes) is 15. The van der Waals surface area contributed by atoms with Crippen LogP contribution in [0.5, 0.6) is 0 Å². The highest BCUT2D eigenvalue weighted by molar-refractivity contribution is 5.70. The summed E-state index contributed by atoms with van der Waals surface area (Å²) < 4.78 is 16.6. The van der Waals surface area contributed by atoms with Gasteiger partial charge in [-0.15, -0.1) is 0 Å². The molecule has 1 aliphatic carbocycles. The van der Waals surface area contributed by atoms with Crippen LogP contribution in [0.1, 0.15) is 194 Å². The first-order valence-corrected chi connectivity index (χ1v) is 19.4. The molecule has 0 aromatic heterocycles. The van der Waals surface area contributed by atoms with Crippen molar-refractivity contribution in [3.63, 3.8) is 0 Å². The monoisotopic (exact) mass is 637 g/mol. The minimum absolute atomic E-state index is 0.0845. The summed E-state index contributed by atoms with van der Waals surface area (Å²) in [5.74, 6) is 1.02. The van der Waals surface area contributed by atoms with Gasteiger partial charge in [0.1, 0.15) is 0 Å². The van der Waals surface area contributed by atoms with Crippen molar-refractivity contribution < 1.29 is 28.6 Å². The van der Waals surface area contributed by atoms with Crippen molar-refractivity contribution in [2.24, 2.45) is 17.8 Å². The number of rotatable bonds is 30. The highest BCUT2D eigenvalue weighted by Gasteiger charge is 2.30. The smallest absolute Gasteiger partial charge is 0.305 e. The fraction of sp³-hybridized carbons (Fsp3) is 0.923. The molecule has 0 bridgehead atoms. The molecule has 0 spiro atoms. The number of hydrogen-bond donors (Lipinski definition) is 0. The fourth-order valence-electron chi connectivity index (χ4n) is 6.80. The van der Waals surface area contributed by atoms with Crippen molar-refractivity contribution in [2.75, 3.05) is 19.8 Å². The summed E-state index contributed by atoms with van der Waals surface area (Å²) in [6.45, 7) is 8.25. The zero-order chi connectivity index (χ0) is 32.8. The molecule has 264 valence electrons. The summed E-state index contributed by atoms with van der Waals surface area (Å²) in [5.41, 5.74) is 0. The molecule has 0 aromatic rings. The van der Waals surface area contributed by atoms with Gasteiger partial charge in [0.2, 0.25) is 0 Å². The molecule has 0 aromatic carbocycles. The fourth-order valence-corrected chi connectivity index (χ4v) is 6.80. The van der Waals surface area contributed by atoms with Crippen molar-refractivity contribution in [3.8, 4) is 0 Å². The van der Waals surface area contributed by atoms with Crippen LogP contribution in [0.3, 0.4) is 0 Å². The molecule has 45 heavy (non-hydrogen) atoms. The van der Waals surface area contributed by atoms with Gasteiger partial charge in [-0.1, -0.05) is 117 Å². The van der Waals surface area contributed by atoms with Crippen molar-refractivity contribution in [2.45, 2.75) is 194 Å². The number of hydrogen-bond acceptors (Lipinski definition) is 6. The van der Waals surface area contributed by atoms with Crippen LogP contribution in [-0.2, 0) is 28.6 Å². The van der Waals surface area contributed by atoms with Crippen LogP contribution < -0.4 is 0 Å². The number of esters is 3. The van der Waals surface area contributed by atoms with Gasteiger partial charge in [-0.3, -0.25) is 14.4 Å². The first-order valence-electron chi connectivity index (χ1n) is 19.4. The molecule has 0 aliphatic heterocycles. The van der Waals surface area contributed by atoms with E-state index in [-0.39, 0.29) is 17.9 Å². The normalized spacial score (nSPS) is 18.1. The largest absolute Gasteiger partial charge is 0.466 e. The third-order valence-corrected chi connectivity index (χ3v) is 9.55. The molecule has 0 saturated heterocycles. The van der Waals surface area contributed by atoms with Gasteiger partial charge < -0.3 is 14.2 Å². The van der Waals surface area contributed by atoms with E-state index in [2.05, 4.69) is 20.8 Å². The second-order valence-electron chi connectivity index (χ2n) is 13.9. The maximum absolute atomic E-state index is 12.5. The van der Waals surface area contributed by atoms with Crippen molar-refractivity contribution in [3.05, 3.63) is 0 Å². The Morgan fingerprint density at radius 2 is 0.644 bits per heavy atom. The van der Waals surface area contributed by atoms with Gasteiger partial charge in [0, 0.05) is 19.3 Å². The van der Waals surface area contributed by atoms with Crippen molar-refractivity contribution >= 4 is 17.9 Å². The molecule has 0 unspecified atom stereocenters. The van der Waals surface area contributed by atoms with E-state index in [4.69, 9.17) is 14.2 Å². The average Bonchev–Trinajstić information content (AvgIpc) is 3.04. The predicted octanol–water partition coefficient (Wildman–Crippen LogP) is 11.1. The maximum Gasteiger partial charge on any atom is 0.305 e. The third kappa shape index (κ3) is 25.2. The van der Waals surface area contributed by atoms with Gasteiger partial charge in [0.15, 0.2) is 0 Å². The Hall–Kier alpha value is -1.59. The van der Waals surface area contributed by atoms with Crippen LogP contribution in [0.2, 0.25) is 0 Å². The summed E-state index contributed by atoms with van der Waals surface area (Å²) in [6, 6.07) is 0. The van der Waals surface area contributed by atoms with Crippen LogP contribution in [0.25, 0.3) is 0 Å². The van der Waals surface area contributed by atoms with E-state index in [1.54, 1.807) is 0 Å². The van der Waals surface area contributed by atoms with Crippen LogP contribution >= 0.6 is 0 Å². The molecule has 1 rings (SSSR count). The van der Waals surface area contributed by atoms with E-state index < -0.39 is 0 Å². The van der Waals surface area contributed by atoms with E-state index in [1.165, 1.54) is 77.0 Å². The van der Waals surface area contributed by atoms with Crippen molar-refractivity contribution in [1.82, 2.24) is 0 Å². The molecule has 1 fully saturated rings. The molecule has 0 heterocycles. The molecular formula is C39H72O6. The van der Waals surface area contributed by atoms with Crippen LogP contribution in [-0.4, -0.2) is 37.7 Å². The summed E-state index contributed by atoms with van der Waals surface area (Å²) >= 11 is 0. The maximum atomic E-state index is 12.5. The first kappa shape index (κ1) is 41.4. The molecule has 0 radical (unpaired) electrons. The lowest BCUT2D eigenvalue weighted by Gasteiger charge is -2.35. The Kier molecular flexibility index (Phi) is 27.4. The summed E-state index contributed by atoms with van der Waals surface area (Å²) in [6.07, 6.45) is 28.2. The standard InChI is InChI=1S/C39H72O6/c1-4-7-10-13-16-19-28-43-37(40)25-22-34-31-35(23-26-38(41)44-29-20-17-14-11-8-5-2)33-36(32-34)24-27-39(42)45-30-21-18-15-12-9-6-3/h34-36H,4-33H2,1-3H3. The Balaban J connectivity index is 2.44. The zero-order valence-electron chi connectivity index (χ0n) is 29.9. The van der Waals surface area contributed by atoms with Crippen LogP contribution in [0.15, 0.2) is 0 Å². The summed E-state index contributed by atoms with van der Waals surface area (Å²) in [5, 5.41) is 0. The zero-order valence-corrected chi connectivity index (χ0v) is 29.9. The number of carbonyl (C=O) groups is 3. The van der Waals surface area contributed by atoms with Gasteiger partial charge in [0.25, 0.3) is 0 Å². The summed E-state index contributed by atoms with van der Waals surface area (Å²) in [4.78, 5) is 37.4. The van der Waals surface area contributed by atoms with Gasteiger partial charge in [-0.05, 0) is 75.5 Å². The van der Waals surface area contributed by atoms with Gasteiger partial charge in [0.05, 0.1) is 19.8 Å². The Morgan fingerprint density at radius 3 is 0.911 bits per heavy atom. The average molecular weight is 637 g/mol. The molecule has 0 atom stereocenters. The molecular weight excluding hydrogens is 564 g/mol. The molecule has 6 nitrogen and oxygen atoms in total. The lowest BCUT2D eigenvalue weighted by Crippen LogP contribution is -2.25. The number of carbonyl (C=O) groups excluding carboxylic acids is 3. The lowest BCUT2D eigenvalue weighted by atomic mass is 9.71. The van der Waals surface area contributed by atoms with E-state index in [9.17, 15) is 14.4 Å². The Bertz CT molecular complexity index is 621. The van der Waals surface area contributed by atoms with Crippen molar-refractivity contribution in [1.29, 1.82) is 0 Å². The van der Waals surface area contributed by atoms with Crippen LogP contribution in [0, 0.1) is 17.8 Å². The highest BCUT2D eigenvalue weighted by Crippen LogP contribution is 2.40. The van der Waals surface area contributed by atoms with Gasteiger partial charge in [-0.25, -0.2) is 0 Å². The molecule has 1 aliphatic rings. The van der Waals surface area contributed by atoms with E-state index >= 15 is 0 Å². The molecule has 0 amide bonds. The van der Waals surface area contributed by atoms with E-state index in [0.29, 0.717) is 56.8 Å². The summed E-state index contributed by atoms with van der Waals surface area (Å²) in [7, 11) is 0. The first-order chi connectivity index (χ1) is 22.0. The van der Waals surface area contributed by atoms with Gasteiger partial charge >= 0.3 is 17.9 Å². The molecule has 6 heteroatoms. The predicted molar refractivity (Wildman–Crippen MR) is 185 cm³/mol. The number of ether oxygens (including phenoxy) is 3. The SMILES string of the molecule is CCCCCCCCOC(=O)CCC1CC(CCC(=O)OCCCCCCCC)CC(CCC(=O)OCCCCCCCC)C1. The third-order valence-electron chi connectivity index (χ3n) is 9.55. The Labute approximate surface area is 277 Å². The highest BCUT2D eigenvalue weighted by atomic mass is 16.5. The second-order valence-corrected chi connectivity index (χ2v) is 13.9. The lowest BCUT2D eigenvalue weighted by molar-refractivity contribution is -0.144. The minimum Gasteiger partial charge on any atom is -0.466 e. The second kappa shape index (κ2) is 29.8. The Morgan fingerprint density at radius 1 is 0.400 bits per heavy atom.